The van der Waals surface area contributed by atoms with Crippen molar-refractivity contribution in [2.45, 2.75) is 45.9 Å². The molecule has 12 nitrogen and oxygen atoms in total. The number of hydrogen-bond acceptors (Lipinski definition) is 7. The number of aromatic carboxylic acids is 1. The summed E-state index contributed by atoms with van der Waals surface area (Å²) in [5.41, 5.74) is 5.06. The summed E-state index contributed by atoms with van der Waals surface area (Å²) in [6, 6.07) is 16.2. The molecule has 0 unspecified atom stereocenters. The number of amides is 2. The van der Waals surface area contributed by atoms with Crippen LogP contribution >= 0.6 is 0 Å². The molecule has 4 aromatic rings. The summed E-state index contributed by atoms with van der Waals surface area (Å²) < 4.78 is 8.29. The molecular formula is C36H38N6O6. The van der Waals surface area contributed by atoms with E-state index in [-0.39, 0.29) is 11.5 Å². The Morgan fingerprint density at radius 3 is 1.50 bits per heavy atom. The quantitative estimate of drug-likeness (QED) is 0.243. The van der Waals surface area contributed by atoms with Gasteiger partial charge in [0.15, 0.2) is 0 Å². The topological polar surface area (TPSA) is 140 Å². The Morgan fingerprint density at radius 1 is 0.708 bits per heavy atom. The van der Waals surface area contributed by atoms with Gasteiger partial charge in [0.1, 0.15) is 0 Å². The summed E-state index contributed by atoms with van der Waals surface area (Å²) in [5, 5.41) is 17.1. The number of hydrogen-bond donors (Lipinski definition) is 1. The molecule has 2 amide bonds. The van der Waals surface area contributed by atoms with Crippen molar-refractivity contribution in [3.8, 4) is 0 Å². The standard InChI is InChI=1S/C19H21N3O3.C17H17N3O3/c1-2-25-19(24)16-8-20-22(12-16)10-14-5-3-13(4-6-14)9-21-11-15-7-17(15)18(21)23;21-16-15-5-13(15)9-19(16)7-11-1-3-12(4-2-11)8-20-10-14(6-18-20)17(22)23/h3-6,8,12,15,17H,2,7,9-11H2,1H3;1-4,6,10,13,15H,5,7-9H2,(H,22,23)/t15-,17-;13-,15-/m11/s1. The van der Waals surface area contributed by atoms with Crippen molar-refractivity contribution in [1.82, 2.24) is 29.4 Å². The molecule has 2 aromatic heterocycles. The Bertz CT molecular complexity index is 1830. The van der Waals surface area contributed by atoms with E-state index in [1.807, 2.05) is 46.2 Å². The van der Waals surface area contributed by atoms with Crippen LogP contribution in [0.1, 0.15) is 62.7 Å². The first kappa shape index (κ1) is 31.3. The van der Waals surface area contributed by atoms with Gasteiger partial charge in [-0.1, -0.05) is 48.5 Å². The Balaban J connectivity index is 0.000000152. The van der Waals surface area contributed by atoms with Crippen LogP contribution in [0.4, 0.5) is 0 Å². The van der Waals surface area contributed by atoms with E-state index in [0.29, 0.717) is 73.8 Å². The monoisotopic (exact) mass is 650 g/mol. The summed E-state index contributed by atoms with van der Waals surface area (Å²) in [4.78, 5) is 50.4. The van der Waals surface area contributed by atoms with E-state index in [0.717, 1.165) is 48.2 Å². The molecule has 4 atom stereocenters. The zero-order valence-corrected chi connectivity index (χ0v) is 26.8. The summed E-state index contributed by atoms with van der Waals surface area (Å²) in [7, 11) is 0. The van der Waals surface area contributed by atoms with Crippen LogP contribution in [0.5, 0.6) is 0 Å². The second-order valence-corrected chi connectivity index (χ2v) is 13.2. The first-order valence-electron chi connectivity index (χ1n) is 16.4. The predicted molar refractivity (Wildman–Crippen MR) is 172 cm³/mol. The van der Waals surface area contributed by atoms with Gasteiger partial charge in [-0.15, -0.1) is 0 Å². The van der Waals surface area contributed by atoms with Gasteiger partial charge in [-0.25, -0.2) is 9.59 Å². The maximum absolute atomic E-state index is 12.0. The van der Waals surface area contributed by atoms with Gasteiger partial charge in [0.2, 0.25) is 11.8 Å². The minimum absolute atomic E-state index is 0.188. The lowest BCUT2D eigenvalue weighted by molar-refractivity contribution is -0.131. The number of nitrogens with zero attached hydrogens (tertiary/aromatic N) is 6. The highest BCUT2D eigenvalue weighted by Crippen LogP contribution is 2.47. The van der Waals surface area contributed by atoms with Crippen molar-refractivity contribution in [1.29, 1.82) is 0 Å². The van der Waals surface area contributed by atoms with Crippen molar-refractivity contribution >= 4 is 23.8 Å². The smallest absolute Gasteiger partial charge is 0.341 e. The molecule has 2 aliphatic carbocycles. The Hall–Kier alpha value is -5.26. The van der Waals surface area contributed by atoms with Crippen LogP contribution in [-0.4, -0.2) is 77.9 Å². The molecule has 48 heavy (non-hydrogen) atoms. The van der Waals surface area contributed by atoms with E-state index in [4.69, 9.17) is 9.84 Å². The number of esters is 1. The number of carbonyl (C=O) groups is 4. The first-order valence-corrected chi connectivity index (χ1v) is 16.4. The lowest BCUT2D eigenvalue weighted by atomic mass is 10.1. The lowest BCUT2D eigenvalue weighted by Gasteiger charge is -2.18. The lowest BCUT2D eigenvalue weighted by Crippen LogP contribution is -2.27. The normalized spacial score (nSPS) is 21.8. The zero-order valence-electron chi connectivity index (χ0n) is 26.8. The molecule has 2 aliphatic heterocycles. The highest BCUT2D eigenvalue weighted by molar-refractivity contribution is 5.89. The minimum atomic E-state index is -0.972. The van der Waals surface area contributed by atoms with E-state index < -0.39 is 5.97 Å². The molecule has 0 bridgehead atoms. The van der Waals surface area contributed by atoms with Crippen LogP contribution in [0.2, 0.25) is 0 Å². The molecular weight excluding hydrogens is 612 g/mol. The van der Waals surface area contributed by atoms with E-state index in [1.165, 1.54) is 18.6 Å². The molecule has 2 saturated carbocycles. The van der Waals surface area contributed by atoms with Crippen LogP contribution in [0.3, 0.4) is 0 Å². The summed E-state index contributed by atoms with van der Waals surface area (Å²) >= 11 is 0. The third kappa shape index (κ3) is 7.02. The number of rotatable bonds is 11. The number of fused-ring (bicyclic) bond motifs is 2. The van der Waals surface area contributed by atoms with Gasteiger partial charge >= 0.3 is 11.9 Å². The summed E-state index contributed by atoms with van der Waals surface area (Å²) in [5.74, 6) is 1.13. The van der Waals surface area contributed by atoms with Gasteiger partial charge < -0.3 is 19.6 Å². The zero-order chi connectivity index (χ0) is 33.4. The fourth-order valence-corrected chi connectivity index (χ4v) is 6.65. The van der Waals surface area contributed by atoms with Gasteiger partial charge in [0, 0.05) is 50.4 Å². The Labute approximate surface area is 277 Å². The number of carbonyl (C=O) groups excluding carboxylic acids is 3. The van der Waals surface area contributed by atoms with Crippen molar-refractivity contribution in [2.24, 2.45) is 23.7 Å². The number of carboxylic acid groups (broad SMARTS) is 1. The van der Waals surface area contributed by atoms with Crippen LogP contribution in [0.15, 0.2) is 73.3 Å². The van der Waals surface area contributed by atoms with E-state index in [2.05, 4.69) is 22.3 Å². The van der Waals surface area contributed by atoms with Crippen LogP contribution in [-0.2, 0) is 40.5 Å². The van der Waals surface area contributed by atoms with Crippen LogP contribution in [0.25, 0.3) is 0 Å². The average molecular weight is 651 g/mol. The minimum Gasteiger partial charge on any atom is -0.478 e. The molecule has 4 aliphatic rings. The number of benzene rings is 2. The molecule has 8 rings (SSSR count). The van der Waals surface area contributed by atoms with Gasteiger partial charge in [-0.05, 0) is 53.9 Å². The molecule has 1 N–H and O–H groups in total. The average Bonchev–Trinajstić information content (AvgIpc) is 3.79. The fraction of sp³-hybridized carbons (Fsp3) is 0.389. The first-order chi connectivity index (χ1) is 23.2. The molecule has 248 valence electrons. The third-order valence-electron chi connectivity index (χ3n) is 9.52. The summed E-state index contributed by atoms with van der Waals surface area (Å²) in [6.45, 7) is 6.44. The van der Waals surface area contributed by atoms with Gasteiger partial charge in [-0.3, -0.25) is 19.0 Å². The molecule has 4 fully saturated rings. The van der Waals surface area contributed by atoms with Gasteiger partial charge in [0.05, 0.1) is 43.2 Å². The number of likely N-dealkylation sites (tertiary alicyclic amines) is 2. The van der Waals surface area contributed by atoms with E-state index in [9.17, 15) is 19.2 Å². The highest BCUT2D eigenvalue weighted by Gasteiger charge is 2.52. The molecule has 2 saturated heterocycles. The molecule has 2 aromatic carbocycles. The molecule has 4 heterocycles. The Morgan fingerprint density at radius 2 is 1.12 bits per heavy atom. The van der Waals surface area contributed by atoms with Crippen LogP contribution < -0.4 is 0 Å². The van der Waals surface area contributed by atoms with Gasteiger partial charge in [0.25, 0.3) is 0 Å². The fourth-order valence-electron chi connectivity index (χ4n) is 6.65. The maximum atomic E-state index is 12.0. The summed E-state index contributed by atoms with van der Waals surface area (Å²) in [6.07, 6.45) is 8.26. The largest absolute Gasteiger partial charge is 0.478 e. The van der Waals surface area contributed by atoms with Crippen molar-refractivity contribution in [3.63, 3.8) is 0 Å². The van der Waals surface area contributed by atoms with Gasteiger partial charge in [-0.2, -0.15) is 10.2 Å². The molecule has 0 radical (unpaired) electrons. The molecule has 12 heteroatoms. The van der Waals surface area contributed by atoms with Crippen LogP contribution in [0, 0.1) is 23.7 Å². The predicted octanol–water partition coefficient (Wildman–Crippen LogP) is 3.69. The Kier molecular flexibility index (Phi) is 8.55. The van der Waals surface area contributed by atoms with E-state index in [1.54, 1.807) is 22.5 Å². The number of aromatic nitrogens is 4. The highest BCUT2D eigenvalue weighted by atomic mass is 16.5. The number of carboxylic acids is 1. The SMILES string of the molecule is CCOC(=O)c1cnn(Cc2ccc(CN3C[C@H]4C[C@H]4C3=O)cc2)c1.O=C(O)c1cnn(Cc2ccc(CN3C[C@H]4C[C@H]4C3=O)cc2)c1. The van der Waals surface area contributed by atoms with Crippen molar-refractivity contribution in [3.05, 3.63) is 107 Å². The van der Waals surface area contributed by atoms with Crippen molar-refractivity contribution in [2.75, 3.05) is 19.7 Å². The maximum Gasteiger partial charge on any atom is 0.341 e. The second-order valence-electron chi connectivity index (χ2n) is 13.2. The molecule has 0 spiro atoms. The van der Waals surface area contributed by atoms with Crippen molar-refractivity contribution < 1.29 is 29.0 Å². The third-order valence-corrected chi connectivity index (χ3v) is 9.52. The van der Waals surface area contributed by atoms with E-state index >= 15 is 0 Å². The second kappa shape index (κ2) is 13.1. The number of piperidine rings is 2. The number of ether oxygens (including phenoxy) is 1.